The molecule has 0 N–H and O–H groups in total. The van der Waals surface area contributed by atoms with Gasteiger partial charge < -0.3 is 9.13 Å². The Morgan fingerprint density at radius 1 is 0.110 bits per heavy atom. The minimum atomic E-state index is 1.17. The third kappa shape index (κ3) is 15.2. The maximum atomic E-state index is 2.43. The van der Waals surface area contributed by atoms with Crippen LogP contribution in [0.3, 0.4) is 0 Å². The van der Waals surface area contributed by atoms with Gasteiger partial charge in [-0.15, -0.1) is 0 Å². The lowest BCUT2D eigenvalue weighted by molar-refractivity contribution is 1.18. The lowest BCUT2D eigenvalue weighted by atomic mass is 9.83. The lowest BCUT2D eigenvalue weighted by Gasteiger charge is -2.20. The minimum Gasteiger partial charge on any atom is -0.309 e. The summed E-state index contributed by atoms with van der Waals surface area (Å²) in [6.45, 7) is 8.65. The molecule has 640 valence electrons. The van der Waals surface area contributed by atoms with E-state index in [1.54, 1.807) is 0 Å². The summed E-state index contributed by atoms with van der Waals surface area (Å²) < 4.78 is 4.75. The largest absolute Gasteiger partial charge is 0.309 e. The quantitative estimate of drug-likeness (QED) is 0.0906. The predicted octanol–water partition coefficient (Wildman–Crippen LogP) is 37.1. The van der Waals surface area contributed by atoms with Crippen molar-refractivity contribution >= 4 is 86.7 Å². The summed E-state index contributed by atoms with van der Waals surface area (Å²) >= 11 is 0. The standard InChI is InChI=1S/C70H49N.C64H45N/c1-46-13-11-17-55(41-46)58-36-39-63-65(44-58)69(53-31-27-51(28-32-53)50-25-23-49(24-26-50)48-15-5-3-6-16-48)62-38-35-59(56-18-12-14-47(2)42-56)45-66(62)70(63)54-33-29-52(30-34-54)57-37-40-68-64(43-57)61-21-9-10-22-67(61)71(68)60-19-7-4-8-20-60;1-42-17-21-46(22-18-42)51-34-37-57-59(40-51)63(49-11-5-3-6-12-49)56-36-33-52(47-23-19-43(2)20-24-47)41-60(56)64(57)50-31-29-45(30-32-50)44-25-27-48(28-26-44)53-35-38-62-58(39-53)55-15-9-10-16-61(55)65(62)54-13-7-4-8-14-54/h3-45H,1-2H3;3-41H,1-2H3. The van der Waals surface area contributed by atoms with Crippen molar-refractivity contribution in [2.75, 3.05) is 0 Å². The fourth-order valence-electron chi connectivity index (χ4n) is 21.0. The van der Waals surface area contributed by atoms with Crippen LogP contribution in [-0.2, 0) is 0 Å². The van der Waals surface area contributed by atoms with E-state index in [-0.39, 0.29) is 0 Å². The van der Waals surface area contributed by atoms with Crippen LogP contribution in [0.4, 0.5) is 0 Å². The molecule has 0 amide bonds. The Hall–Kier alpha value is -17.3. The molecule has 25 aromatic rings. The second-order valence-electron chi connectivity index (χ2n) is 36.5. The van der Waals surface area contributed by atoms with E-state index in [2.05, 4.69) is 534 Å². The molecule has 2 heterocycles. The van der Waals surface area contributed by atoms with Gasteiger partial charge in [0.15, 0.2) is 0 Å². The number of hydrogen-bond donors (Lipinski definition) is 0. The minimum absolute atomic E-state index is 1.17. The maximum Gasteiger partial charge on any atom is 0.0541 e. The molecule has 2 aromatic heterocycles. The average Bonchev–Trinajstić information content (AvgIpc) is 1.08. The number of fused-ring (bicyclic) bond motifs is 10. The zero-order chi connectivity index (χ0) is 90.9. The van der Waals surface area contributed by atoms with Crippen LogP contribution in [0.1, 0.15) is 22.3 Å². The highest BCUT2D eigenvalue weighted by Gasteiger charge is 2.24. The summed E-state index contributed by atoms with van der Waals surface area (Å²) in [5, 5.41) is 15.0. The van der Waals surface area contributed by atoms with Crippen LogP contribution in [-0.4, -0.2) is 9.13 Å². The molecule has 0 fully saturated rings. The second-order valence-corrected chi connectivity index (χ2v) is 36.5. The SMILES string of the molecule is Cc1ccc(-c2ccc3c(-c4ccc(-c5ccc(-c6ccc7c(c6)c6ccccc6n7-c6ccccc6)cc5)cc4)c4cc(-c5ccc(C)cc5)ccc4c(-c4ccccc4)c3c2)cc1.Cc1cccc(-c2ccc3c(-c4ccc(-c5ccc6c(c5)c5ccccc5n6-c5ccccc5)cc4)c4cc(-c5cccc(C)c5)ccc4c(-c4ccc(-c5ccc(-c6ccccc6)cc5)cc4)c3c2)c1. The van der Waals surface area contributed by atoms with Crippen molar-refractivity contribution in [2.45, 2.75) is 27.7 Å². The van der Waals surface area contributed by atoms with Crippen molar-refractivity contribution < 1.29 is 0 Å². The zero-order valence-electron chi connectivity index (χ0n) is 76.2. The molecule has 0 spiro atoms. The number of aryl methyl sites for hydroxylation is 4. The van der Waals surface area contributed by atoms with Gasteiger partial charge in [-0.1, -0.05) is 435 Å². The van der Waals surface area contributed by atoms with Gasteiger partial charge in [-0.25, -0.2) is 0 Å². The fraction of sp³-hybridized carbons (Fsp3) is 0.0299. The van der Waals surface area contributed by atoms with Crippen molar-refractivity contribution in [3.8, 4) is 156 Å². The van der Waals surface area contributed by atoms with E-state index in [0.717, 1.165) is 0 Å². The molecule has 2 heteroatoms. The van der Waals surface area contributed by atoms with Crippen LogP contribution in [0.15, 0.2) is 497 Å². The molecule has 0 aliphatic rings. The molecule has 23 aromatic carbocycles. The summed E-state index contributed by atoms with van der Waals surface area (Å²) in [5.74, 6) is 0. The number of nitrogens with zero attached hydrogens (tertiary/aromatic N) is 2. The number of rotatable bonds is 15. The van der Waals surface area contributed by atoms with Gasteiger partial charge >= 0.3 is 0 Å². The van der Waals surface area contributed by atoms with Crippen LogP contribution in [0.2, 0.25) is 0 Å². The van der Waals surface area contributed by atoms with Crippen molar-refractivity contribution in [2.24, 2.45) is 0 Å². The zero-order valence-corrected chi connectivity index (χ0v) is 76.2. The molecule has 136 heavy (non-hydrogen) atoms. The summed E-state index contributed by atoms with van der Waals surface area (Å²) in [6, 6.07) is 184. The fourth-order valence-corrected chi connectivity index (χ4v) is 21.0. The molecule has 0 atom stereocenters. The monoisotopic (exact) mass is 1730 g/mol. The normalized spacial score (nSPS) is 11.5. The van der Waals surface area contributed by atoms with Crippen LogP contribution in [0.5, 0.6) is 0 Å². The Kier molecular flexibility index (Phi) is 20.9. The van der Waals surface area contributed by atoms with Gasteiger partial charge in [-0.2, -0.15) is 0 Å². The van der Waals surface area contributed by atoms with Gasteiger partial charge in [0.05, 0.1) is 22.1 Å². The summed E-state index contributed by atoms with van der Waals surface area (Å²) in [7, 11) is 0. The van der Waals surface area contributed by atoms with E-state index in [4.69, 9.17) is 0 Å². The Labute approximate surface area is 793 Å². The van der Waals surface area contributed by atoms with E-state index >= 15 is 0 Å². The molecular formula is C134H94N2. The second kappa shape index (κ2) is 34.8. The highest BCUT2D eigenvalue weighted by Crippen LogP contribution is 2.51. The van der Waals surface area contributed by atoms with Crippen LogP contribution in [0, 0.1) is 27.7 Å². The molecule has 0 saturated heterocycles. The summed E-state index contributed by atoms with van der Waals surface area (Å²) in [6.07, 6.45) is 0. The summed E-state index contributed by atoms with van der Waals surface area (Å²) in [5.41, 5.74) is 43.8. The molecule has 2 nitrogen and oxygen atoms in total. The van der Waals surface area contributed by atoms with Gasteiger partial charge in [-0.05, 0) is 300 Å². The first-order chi connectivity index (χ1) is 67.0. The van der Waals surface area contributed by atoms with E-state index in [1.807, 2.05) is 0 Å². The number of aromatic nitrogens is 2. The first kappa shape index (κ1) is 81.9. The Bertz CT molecular complexity index is 8880. The van der Waals surface area contributed by atoms with Gasteiger partial charge in [0, 0.05) is 32.9 Å². The van der Waals surface area contributed by atoms with Crippen molar-refractivity contribution in [1.29, 1.82) is 0 Å². The molecule has 0 aliphatic heterocycles. The molecular weight excluding hydrogens is 1640 g/mol. The Balaban J connectivity index is 0.000000149. The van der Waals surface area contributed by atoms with Crippen LogP contribution in [0.25, 0.3) is 243 Å². The van der Waals surface area contributed by atoms with Crippen molar-refractivity contribution in [1.82, 2.24) is 9.13 Å². The lowest BCUT2D eigenvalue weighted by Crippen LogP contribution is -1.93. The van der Waals surface area contributed by atoms with E-state index in [0.29, 0.717) is 0 Å². The topological polar surface area (TPSA) is 9.86 Å². The first-order valence-electron chi connectivity index (χ1n) is 47.2. The summed E-state index contributed by atoms with van der Waals surface area (Å²) in [4.78, 5) is 0. The average molecular weight is 1730 g/mol. The molecule has 0 radical (unpaired) electrons. The highest BCUT2D eigenvalue weighted by atomic mass is 15.0. The van der Waals surface area contributed by atoms with Gasteiger partial charge in [0.25, 0.3) is 0 Å². The van der Waals surface area contributed by atoms with E-state index < -0.39 is 0 Å². The smallest absolute Gasteiger partial charge is 0.0541 e. The van der Waals surface area contributed by atoms with Crippen molar-refractivity contribution in [3.05, 3.63) is 520 Å². The molecule has 0 bridgehead atoms. The van der Waals surface area contributed by atoms with Gasteiger partial charge in [0.1, 0.15) is 0 Å². The van der Waals surface area contributed by atoms with E-state index in [1.165, 1.54) is 265 Å². The number of benzene rings is 23. The highest BCUT2D eigenvalue weighted by molar-refractivity contribution is 6.25. The third-order valence-electron chi connectivity index (χ3n) is 27.9. The molecule has 0 unspecified atom stereocenters. The van der Waals surface area contributed by atoms with Crippen LogP contribution < -0.4 is 0 Å². The maximum absolute atomic E-state index is 2.43. The van der Waals surface area contributed by atoms with Crippen LogP contribution >= 0.6 is 0 Å². The van der Waals surface area contributed by atoms with Gasteiger partial charge in [0.2, 0.25) is 0 Å². The number of hydrogen-bond acceptors (Lipinski definition) is 0. The molecule has 25 rings (SSSR count). The molecule has 0 aliphatic carbocycles. The van der Waals surface area contributed by atoms with Crippen molar-refractivity contribution in [3.63, 3.8) is 0 Å². The predicted molar refractivity (Wildman–Crippen MR) is 581 cm³/mol. The molecule has 0 saturated carbocycles. The van der Waals surface area contributed by atoms with Gasteiger partial charge in [-0.3, -0.25) is 0 Å². The Morgan fingerprint density at radius 2 is 0.309 bits per heavy atom. The first-order valence-corrected chi connectivity index (χ1v) is 47.2. The third-order valence-corrected chi connectivity index (χ3v) is 27.9. The van der Waals surface area contributed by atoms with E-state index in [9.17, 15) is 0 Å². The number of para-hydroxylation sites is 4. The Morgan fingerprint density at radius 3 is 0.618 bits per heavy atom.